The van der Waals surface area contributed by atoms with Gasteiger partial charge >= 0.3 is 5.97 Å². The number of ether oxygens (including phenoxy) is 2. The van der Waals surface area contributed by atoms with Gasteiger partial charge < -0.3 is 14.6 Å². The molecule has 1 N–H and O–H groups in total. The van der Waals surface area contributed by atoms with Gasteiger partial charge in [-0.05, 0) is 23.8 Å². The van der Waals surface area contributed by atoms with Crippen LogP contribution in [0, 0.1) is 0 Å². The van der Waals surface area contributed by atoms with Gasteiger partial charge in [0.05, 0.1) is 7.11 Å². The number of carbonyl (C=O) groups is 1. The molecule has 0 amide bonds. The molecule has 0 atom stereocenters. The number of aromatic carboxylic acids is 1. The van der Waals surface area contributed by atoms with Crippen LogP contribution in [-0.4, -0.2) is 18.2 Å². The monoisotopic (exact) mass is 256 g/mol. The van der Waals surface area contributed by atoms with Crippen molar-refractivity contribution in [2.24, 2.45) is 0 Å². The van der Waals surface area contributed by atoms with E-state index in [1.54, 1.807) is 12.1 Å². The Bertz CT molecular complexity index is 661. The summed E-state index contributed by atoms with van der Waals surface area (Å²) >= 11 is 0. The largest absolute Gasteiger partial charge is 0.496 e. The van der Waals surface area contributed by atoms with Crippen molar-refractivity contribution in [2.75, 3.05) is 7.11 Å². The predicted octanol–water partition coefficient (Wildman–Crippen LogP) is 3.09. The first kappa shape index (κ1) is 11.6. The standard InChI is InChI=1S/C15H12O4/c1-18-13-7-6-12-10(14(13)15(16)17)8-9-4-2-3-5-11(9)19-12/h2-7H,8H2,1H3,(H,16,17). The Morgan fingerprint density at radius 2 is 2.00 bits per heavy atom. The molecule has 0 unspecified atom stereocenters. The van der Waals surface area contributed by atoms with Gasteiger partial charge in [0, 0.05) is 12.0 Å². The van der Waals surface area contributed by atoms with Gasteiger partial charge in [0.25, 0.3) is 0 Å². The molecule has 2 aromatic rings. The number of benzene rings is 2. The van der Waals surface area contributed by atoms with Gasteiger partial charge in [0.15, 0.2) is 0 Å². The first-order chi connectivity index (χ1) is 9.20. The highest BCUT2D eigenvalue weighted by atomic mass is 16.5. The van der Waals surface area contributed by atoms with Crippen LogP contribution in [0.5, 0.6) is 17.2 Å². The van der Waals surface area contributed by atoms with E-state index in [9.17, 15) is 9.90 Å². The molecule has 4 nitrogen and oxygen atoms in total. The van der Waals surface area contributed by atoms with Crippen molar-refractivity contribution in [3.05, 3.63) is 53.1 Å². The zero-order chi connectivity index (χ0) is 13.4. The van der Waals surface area contributed by atoms with Gasteiger partial charge in [-0.3, -0.25) is 0 Å². The van der Waals surface area contributed by atoms with Crippen LogP contribution >= 0.6 is 0 Å². The van der Waals surface area contributed by atoms with E-state index >= 15 is 0 Å². The highest BCUT2D eigenvalue weighted by Gasteiger charge is 2.25. The molecule has 0 spiro atoms. The molecule has 0 aromatic heterocycles. The topological polar surface area (TPSA) is 55.8 Å². The summed E-state index contributed by atoms with van der Waals surface area (Å²) in [4.78, 5) is 11.4. The first-order valence-electron chi connectivity index (χ1n) is 5.89. The van der Waals surface area contributed by atoms with Crippen LogP contribution in [-0.2, 0) is 6.42 Å². The number of para-hydroxylation sites is 1. The molecule has 0 saturated carbocycles. The zero-order valence-electron chi connectivity index (χ0n) is 10.3. The van der Waals surface area contributed by atoms with Crippen molar-refractivity contribution in [3.63, 3.8) is 0 Å². The second kappa shape index (κ2) is 4.31. The minimum atomic E-state index is -1.00. The van der Waals surface area contributed by atoms with E-state index in [2.05, 4.69) is 0 Å². The lowest BCUT2D eigenvalue weighted by atomic mass is 9.95. The fraction of sp³-hybridized carbons (Fsp3) is 0.133. The quantitative estimate of drug-likeness (QED) is 0.765. The second-order valence-electron chi connectivity index (χ2n) is 4.31. The smallest absolute Gasteiger partial charge is 0.339 e. The van der Waals surface area contributed by atoms with Crippen molar-refractivity contribution in [1.29, 1.82) is 0 Å². The molecule has 0 radical (unpaired) electrons. The lowest BCUT2D eigenvalue weighted by molar-refractivity contribution is 0.0691. The van der Waals surface area contributed by atoms with Gasteiger partial charge in [-0.1, -0.05) is 18.2 Å². The number of fused-ring (bicyclic) bond motifs is 2. The summed E-state index contributed by atoms with van der Waals surface area (Å²) in [5, 5.41) is 9.37. The number of hydrogen-bond donors (Lipinski definition) is 1. The Balaban J connectivity index is 2.18. The van der Waals surface area contributed by atoms with Crippen LogP contribution < -0.4 is 9.47 Å². The Labute approximate surface area is 110 Å². The first-order valence-corrected chi connectivity index (χ1v) is 5.89. The van der Waals surface area contributed by atoms with Gasteiger partial charge in [0.1, 0.15) is 22.8 Å². The molecule has 4 heteroatoms. The number of rotatable bonds is 2. The van der Waals surface area contributed by atoms with Crippen molar-refractivity contribution < 1.29 is 19.4 Å². The fourth-order valence-electron chi connectivity index (χ4n) is 2.34. The van der Waals surface area contributed by atoms with Crippen LogP contribution in [0.4, 0.5) is 0 Å². The second-order valence-corrected chi connectivity index (χ2v) is 4.31. The predicted molar refractivity (Wildman–Crippen MR) is 69.3 cm³/mol. The Hall–Kier alpha value is -2.49. The highest BCUT2D eigenvalue weighted by Crippen LogP contribution is 2.40. The molecule has 1 aliphatic heterocycles. The summed E-state index contributed by atoms with van der Waals surface area (Å²) < 4.78 is 10.9. The summed E-state index contributed by atoms with van der Waals surface area (Å²) in [6.07, 6.45) is 0.532. The van der Waals surface area contributed by atoms with Gasteiger partial charge in [-0.15, -0.1) is 0 Å². The number of carboxylic acid groups (broad SMARTS) is 1. The normalized spacial score (nSPS) is 12.1. The molecular weight excluding hydrogens is 244 g/mol. The van der Waals surface area contributed by atoms with Crippen LogP contribution in [0.25, 0.3) is 0 Å². The maximum absolute atomic E-state index is 11.4. The summed E-state index contributed by atoms with van der Waals surface area (Å²) in [5.74, 6) is 0.708. The molecular formula is C15H12O4. The van der Waals surface area contributed by atoms with Crippen LogP contribution in [0.1, 0.15) is 21.5 Å². The molecule has 1 aliphatic rings. The third-order valence-corrected chi connectivity index (χ3v) is 3.23. The Morgan fingerprint density at radius 1 is 1.21 bits per heavy atom. The van der Waals surface area contributed by atoms with Crippen molar-refractivity contribution >= 4 is 5.97 Å². The number of hydrogen-bond acceptors (Lipinski definition) is 3. The van der Waals surface area contributed by atoms with E-state index < -0.39 is 5.97 Å². The Morgan fingerprint density at radius 3 is 2.74 bits per heavy atom. The van der Waals surface area contributed by atoms with E-state index in [-0.39, 0.29) is 5.56 Å². The van der Waals surface area contributed by atoms with Crippen molar-refractivity contribution in [1.82, 2.24) is 0 Å². The fourth-order valence-corrected chi connectivity index (χ4v) is 2.34. The summed E-state index contributed by atoms with van der Waals surface area (Å²) in [7, 11) is 1.46. The van der Waals surface area contributed by atoms with Crippen LogP contribution in [0.2, 0.25) is 0 Å². The zero-order valence-corrected chi connectivity index (χ0v) is 10.3. The maximum Gasteiger partial charge on any atom is 0.339 e. The van der Waals surface area contributed by atoms with Gasteiger partial charge in [-0.2, -0.15) is 0 Å². The molecule has 3 rings (SSSR count). The molecule has 0 bridgehead atoms. The van der Waals surface area contributed by atoms with Gasteiger partial charge in [0.2, 0.25) is 0 Å². The average molecular weight is 256 g/mol. The van der Waals surface area contributed by atoms with E-state index in [4.69, 9.17) is 9.47 Å². The summed E-state index contributed by atoms with van der Waals surface area (Å²) in [6, 6.07) is 11.0. The third kappa shape index (κ3) is 1.81. The maximum atomic E-state index is 11.4. The SMILES string of the molecule is COc1ccc2c(c1C(=O)O)Cc1ccccc1O2. The molecule has 0 saturated heterocycles. The van der Waals surface area contributed by atoms with E-state index in [0.717, 1.165) is 11.3 Å². The third-order valence-electron chi connectivity index (χ3n) is 3.23. The minimum absolute atomic E-state index is 0.175. The summed E-state index contributed by atoms with van der Waals surface area (Å²) in [5.41, 5.74) is 1.81. The van der Waals surface area contributed by atoms with Crippen LogP contribution in [0.15, 0.2) is 36.4 Å². The number of carboxylic acids is 1. The van der Waals surface area contributed by atoms with Crippen molar-refractivity contribution in [2.45, 2.75) is 6.42 Å². The highest BCUT2D eigenvalue weighted by molar-refractivity contribution is 5.94. The number of methoxy groups -OCH3 is 1. The molecule has 19 heavy (non-hydrogen) atoms. The minimum Gasteiger partial charge on any atom is -0.496 e. The van der Waals surface area contributed by atoms with Crippen molar-refractivity contribution in [3.8, 4) is 17.2 Å². The summed E-state index contributed by atoms with van der Waals surface area (Å²) in [6.45, 7) is 0. The van der Waals surface area contributed by atoms with E-state index in [1.807, 2.05) is 24.3 Å². The Kier molecular flexibility index (Phi) is 2.63. The lowest BCUT2D eigenvalue weighted by Crippen LogP contribution is -2.11. The van der Waals surface area contributed by atoms with Gasteiger partial charge in [-0.25, -0.2) is 4.79 Å². The van der Waals surface area contributed by atoms with E-state index in [1.165, 1.54) is 7.11 Å². The van der Waals surface area contributed by atoms with Crippen LogP contribution in [0.3, 0.4) is 0 Å². The molecule has 96 valence electrons. The molecule has 2 aromatic carbocycles. The average Bonchev–Trinajstić information content (AvgIpc) is 2.43. The lowest BCUT2D eigenvalue weighted by Gasteiger charge is -2.22. The molecule has 1 heterocycles. The molecule has 0 aliphatic carbocycles. The van der Waals surface area contributed by atoms with E-state index in [0.29, 0.717) is 23.5 Å². The molecule has 0 fully saturated rings.